The van der Waals surface area contributed by atoms with E-state index in [9.17, 15) is 4.79 Å². The summed E-state index contributed by atoms with van der Waals surface area (Å²) in [6.07, 6.45) is 0. The third-order valence-electron chi connectivity index (χ3n) is 3.04. The molecule has 2 N–H and O–H groups in total. The fraction of sp³-hybridized carbons (Fsp3) is 0.235. The van der Waals surface area contributed by atoms with Gasteiger partial charge in [-0.2, -0.15) is 0 Å². The lowest BCUT2D eigenvalue weighted by atomic mass is 10.2. The van der Waals surface area contributed by atoms with Gasteiger partial charge in [0.25, 0.3) is 0 Å². The maximum Gasteiger partial charge on any atom is 0.226 e. The Hall–Kier alpha value is -2.00. The molecule has 0 aliphatic heterocycles. The molecule has 0 atom stereocenters. The zero-order valence-corrected chi connectivity index (χ0v) is 12.9. The van der Waals surface area contributed by atoms with Gasteiger partial charge >= 0.3 is 0 Å². The van der Waals surface area contributed by atoms with Crippen LogP contribution < -0.4 is 10.6 Å². The summed E-state index contributed by atoms with van der Waals surface area (Å²) in [5.41, 5.74) is 2.86. The maximum atomic E-state index is 11.7. The van der Waals surface area contributed by atoms with Crippen LogP contribution in [0.2, 0.25) is 5.02 Å². The van der Waals surface area contributed by atoms with Crippen LogP contribution in [0.5, 0.6) is 0 Å². The molecule has 2 rings (SSSR count). The highest BCUT2D eigenvalue weighted by Gasteiger charge is 2.07. The first-order valence-electron chi connectivity index (χ1n) is 6.94. The quantitative estimate of drug-likeness (QED) is 0.851. The van der Waals surface area contributed by atoms with Gasteiger partial charge in [-0.05, 0) is 35.9 Å². The molecule has 0 aromatic heterocycles. The van der Waals surface area contributed by atoms with E-state index in [0.29, 0.717) is 6.54 Å². The average molecular weight is 303 g/mol. The number of halogens is 1. The highest BCUT2D eigenvalue weighted by atomic mass is 35.5. The number of hydrogen-bond acceptors (Lipinski definition) is 2. The Morgan fingerprint density at radius 1 is 1.10 bits per heavy atom. The van der Waals surface area contributed by atoms with E-state index in [2.05, 4.69) is 10.6 Å². The number of anilines is 2. The van der Waals surface area contributed by atoms with Crippen LogP contribution in [0.25, 0.3) is 0 Å². The van der Waals surface area contributed by atoms with Gasteiger partial charge in [-0.25, -0.2) is 0 Å². The van der Waals surface area contributed by atoms with E-state index >= 15 is 0 Å². The molecule has 4 heteroatoms. The van der Waals surface area contributed by atoms with Crippen LogP contribution in [0.3, 0.4) is 0 Å². The van der Waals surface area contributed by atoms with E-state index in [1.54, 1.807) is 0 Å². The molecule has 0 radical (unpaired) electrons. The van der Waals surface area contributed by atoms with Gasteiger partial charge in [0.15, 0.2) is 0 Å². The third-order valence-corrected chi connectivity index (χ3v) is 3.28. The molecule has 0 bridgehead atoms. The van der Waals surface area contributed by atoms with Crippen LogP contribution in [-0.4, -0.2) is 5.91 Å². The smallest absolute Gasteiger partial charge is 0.226 e. The molecule has 0 saturated heterocycles. The lowest BCUT2D eigenvalue weighted by Crippen LogP contribution is -2.17. The summed E-state index contributed by atoms with van der Waals surface area (Å²) in [5, 5.41) is 6.94. The number of hydrogen-bond donors (Lipinski definition) is 2. The number of amides is 1. The van der Waals surface area contributed by atoms with Crippen molar-refractivity contribution in [3.05, 3.63) is 59.1 Å². The number of carbonyl (C=O) groups is 1. The maximum absolute atomic E-state index is 11.7. The predicted molar refractivity (Wildman–Crippen MR) is 88.7 cm³/mol. The van der Waals surface area contributed by atoms with Crippen LogP contribution in [0.15, 0.2) is 48.5 Å². The molecule has 0 aliphatic rings. The van der Waals surface area contributed by atoms with Crippen molar-refractivity contribution in [1.29, 1.82) is 0 Å². The Morgan fingerprint density at radius 2 is 1.81 bits per heavy atom. The van der Waals surface area contributed by atoms with Crippen molar-refractivity contribution in [2.75, 3.05) is 10.6 Å². The van der Waals surface area contributed by atoms with Crippen molar-refractivity contribution in [2.45, 2.75) is 20.4 Å². The minimum Gasteiger partial charge on any atom is -0.381 e. The largest absolute Gasteiger partial charge is 0.381 e. The van der Waals surface area contributed by atoms with Crippen LogP contribution in [0.4, 0.5) is 11.4 Å². The zero-order chi connectivity index (χ0) is 15.2. The van der Waals surface area contributed by atoms with Gasteiger partial charge in [0, 0.05) is 28.9 Å². The van der Waals surface area contributed by atoms with Gasteiger partial charge < -0.3 is 10.6 Å². The minimum absolute atomic E-state index is 0.0157. The summed E-state index contributed by atoms with van der Waals surface area (Å²) in [6.45, 7) is 4.43. The fourth-order valence-electron chi connectivity index (χ4n) is 1.84. The molecule has 0 unspecified atom stereocenters. The lowest BCUT2D eigenvalue weighted by molar-refractivity contribution is -0.118. The first-order valence-corrected chi connectivity index (χ1v) is 7.31. The monoisotopic (exact) mass is 302 g/mol. The summed E-state index contributed by atoms with van der Waals surface area (Å²) < 4.78 is 0. The van der Waals surface area contributed by atoms with Crippen LogP contribution in [0, 0.1) is 5.92 Å². The van der Waals surface area contributed by atoms with Crippen molar-refractivity contribution >= 4 is 28.9 Å². The Morgan fingerprint density at radius 3 is 2.52 bits per heavy atom. The summed E-state index contributed by atoms with van der Waals surface area (Å²) in [6, 6.07) is 15.4. The second-order valence-electron chi connectivity index (χ2n) is 5.21. The van der Waals surface area contributed by atoms with Gasteiger partial charge in [0.1, 0.15) is 0 Å². The number of rotatable bonds is 5. The Kier molecular flexibility index (Phi) is 5.23. The topological polar surface area (TPSA) is 41.1 Å². The number of nitrogens with one attached hydrogen (secondary N) is 2. The van der Waals surface area contributed by atoms with Gasteiger partial charge in [0.05, 0.1) is 0 Å². The minimum atomic E-state index is -0.0342. The Labute approximate surface area is 130 Å². The first-order chi connectivity index (χ1) is 10.0. The number of carbonyl (C=O) groups excluding carboxylic acids is 1. The SMILES string of the molecule is CC(C)C(=O)Nc1cccc(NCc2cccc(Cl)c2)c1. The van der Waals surface area contributed by atoms with Crippen molar-refractivity contribution in [1.82, 2.24) is 0 Å². The van der Waals surface area contributed by atoms with E-state index in [1.165, 1.54) is 0 Å². The normalized spacial score (nSPS) is 10.5. The molecule has 0 fully saturated rings. The highest BCUT2D eigenvalue weighted by Crippen LogP contribution is 2.17. The molecule has 2 aromatic carbocycles. The molecule has 110 valence electrons. The Bertz CT molecular complexity index is 626. The van der Waals surface area contributed by atoms with Crippen molar-refractivity contribution in [3.63, 3.8) is 0 Å². The van der Waals surface area contributed by atoms with E-state index in [4.69, 9.17) is 11.6 Å². The van der Waals surface area contributed by atoms with Crippen LogP contribution in [-0.2, 0) is 11.3 Å². The molecule has 21 heavy (non-hydrogen) atoms. The molecule has 3 nitrogen and oxygen atoms in total. The summed E-state index contributed by atoms with van der Waals surface area (Å²) in [4.78, 5) is 11.7. The van der Waals surface area contributed by atoms with Crippen molar-refractivity contribution in [3.8, 4) is 0 Å². The van der Waals surface area contributed by atoms with E-state index in [0.717, 1.165) is 22.0 Å². The fourth-order valence-corrected chi connectivity index (χ4v) is 2.06. The van der Waals surface area contributed by atoms with Crippen molar-refractivity contribution < 1.29 is 4.79 Å². The third kappa shape index (κ3) is 4.80. The highest BCUT2D eigenvalue weighted by molar-refractivity contribution is 6.30. The zero-order valence-electron chi connectivity index (χ0n) is 12.2. The molecular formula is C17H19ClN2O. The second kappa shape index (κ2) is 7.14. The summed E-state index contributed by atoms with van der Waals surface area (Å²) in [5.74, 6) is -0.0185. The van der Waals surface area contributed by atoms with Gasteiger partial charge in [-0.15, -0.1) is 0 Å². The predicted octanol–water partition coefficient (Wildman–Crippen LogP) is 4.55. The van der Waals surface area contributed by atoms with Crippen LogP contribution >= 0.6 is 11.6 Å². The van der Waals surface area contributed by atoms with Gasteiger partial charge in [-0.3, -0.25) is 4.79 Å². The van der Waals surface area contributed by atoms with E-state index < -0.39 is 0 Å². The lowest BCUT2D eigenvalue weighted by Gasteiger charge is -2.11. The Balaban J connectivity index is 1.99. The molecule has 0 heterocycles. The molecule has 0 aliphatic carbocycles. The summed E-state index contributed by atoms with van der Waals surface area (Å²) >= 11 is 5.96. The van der Waals surface area contributed by atoms with E-state index in [1.807, 2.05) is 62.4 Å². The van der Waals surface area contributed by atoms with E-state index in [-0.39, 0.29) is 11.8 Å². The average Bonchev–Trinajstić information content (AvgIpc) is 2.45. The molecule has 1 amide bonds. The van der Waals surface area contributed by atoms with Gasteiger partial charge in [0.2, 0.25) is 5.91 Å². The number of benzene rings is 2. The molecule has 2 aromatic rings. The molecular weight excluding hydrogens is 284 g/mol. The second-order valence-corrected chi connectivity index (χ2v) is 5.64. The molecule has 0 spiro atoms. The first kappa shape index (κ1) is 15.4. The summed E-state index contributed by atoms with van der Waals surface area (Å²) in [7, 11) is 0. The standard InChI is InChI=1S/C17H19ClN2O/c1-12(2)17(21)20-16-8-4-7-15(10-16)19-11-13-5-3-6-14(18)9-13/h3-10,12,19H,11H2,1-2H3,(H,20,21). The molecule has 0 saturated carbocycles. The van der Waals surface area contributed by atoms with Gasteiger partial charge in [-0.1, -0.05) is 43.6 Å². The van der Waals surface area contributed by atoms with Crippen molar-refractivity contribution in [2.24, 2.45) is 5.92 Å². The van der Waals surface area contributed by atoms with Crippen LogP contribution in [0.1, 0.15) is 19.4 Å².